The summed E-state index contributed by atoms with van der Waals surface area (Å²) in [6, 6.07) is 5.04. The minimum Gasteiger partial charge on any atom is -0.481 e. The number of rotatable bonds is 3. The van der Waals surface area contributed by atoms with Crippen molar-refractivity contribution in [1.29, 1.82) is 0 Å². The maximum absolute atomic E-state index is 11.8. The van der Waals surface area contributed by atoms with Crippen LogP contribution in [-0.4, -0.2) is 17.4 Å². The Morgan fingerprint density at radius 3 is 2.20 bits per heavy atom. The molecule has 2 N–H and O–H groups in total. The molecular weight excluding hydrogens is 211 g/mol. The number of carboxylic acid groups (broad SMARTS) is 1. The Labute approximate surface area is 83.5 Å². The topological polar surface area (TPSA) is 49.3 Å². The molecule has 0 spiro atoms. The number of hydrogen-bond acceptors (Lipinski definition) is 2. The zero-order chi connectivity index (χ0) is 11.5. The van der Waals surface area contributed by atoms with E-state index < -0.39 is 12.3 Å². The smallest absolute Gasteiger partial charge is 0.481 e. The lowest BCUT2D eigenvalue weighted by Crippen LogP contribution is -2.20. The van der Waals surface area contributed by atoms with Crippen LogP contribution in [0.25, 0.3) is 0 Å². The Balaban J connectivity index is 2.68. The van der Waals surface area contributed by atoms with Crippen molar-refractivity contribution in [2.75, 3.05) is 5.32 Å². The molecule has 1 rings (SSSR count). The first-order valence-corrected chi connectivity index (χ1v) is 4.02. The number of carbonyl (C=O) groups is 1. The zero-order valence-corrected chi connectivity index (χ0v) is 7.51. The van der Waals surface area contributed by atoms with Crippen LogP contribution in [0.2, 0.25) is 0 Å². The van der Waals surface area contributed by atoms with E-state index in [2.05, 4.69) is 0 Å². The fourth-order valence-electron chi connectivity index (χ4n) is 1.04. The second-order valence-corrected chi connectivity index (χ2v) is 2.89. The minimum atomic E-state index is -4.48. The molecule has 0 aliphatic rings. The van der Waals surface area contributed by atoms with E-state index in [0.717, 1.165) is 0 Å². The lowest BCUT2D eigenvalue weighted by atomic mass is 10.1. The van der Waals surface area contributed by atoms with Gasteiger partial charge in [-0.05, 0) is 17.7 Å². The van der Waals surface area contributed by atoms with Crippen LogP contribution in [0.1, 0.15) is 5.56 Å². The highest BCUT2D eigenvalue weighted by atomic mass is 19.4. The molecule has 0 amide bonds. The van der Waals surface area contributed by atoms with E-state index in [-0.39, 0.29) is 12.1 Å². The molecule has 0 heterocycles. The molecule has 0 radical (unpaired) electrons. The summed E-state index contributed by atoms with van der Waals surface area (Å²) < 4.78 is 35.5. The maximum atomic E-state index is 11.8. The lowest BCUT2D eigenvalue weighted by Gasteiger charge is -2.09. The quantitative estimate of drug-likeness (QED) is 0.766. The molecule has 0 atom stereocenters. The highest BCUT2D eigenvalue weighted by molar-refractivity contribution is 5.70. The minimum absolute atomic E-state index is 0.114. The number of benzene rings is 1. The van der Waals surface area contributed by atoms with Crippen LogP contribution in [0.4, 0.5) is 18.9 Å². The fraction of sp³-hybridized carbons (Fsp3) is 0.222. The molecule has 6 heteroatoms. The average Bonchev–Trinajstić information content (AvgIpc) is 2.05. The number of anilines is 1. The number of alkyl halides is 3. The normalized spacial score (nSPS) is 11.1. The summed E-state index contributed by atoms with van der Waals surface area (Å²) in [7, 11) is 0. The monoisotopic (exact) mass is 219 g/mol. The lowest BCUT2D eigenvalue weighted by molar-refractivity contribution is -0.136. The van der Waals surface area contributed by atoms with Crippen molar-refractivity contribution in [3.8, 4) is 0 Å². The number of nitrogens with one attached hydrogen (secondary N) is 1. The van der Waals surface area contributed by atoms with E-state index in [1.54, 1.807) is 0 Å². The van der Waals surface area contributed by atoms with Crippen molar-refractivity contribution in [2.24, 2.45) is 0 Å². The Hall–Kier alpha value is -1.72. The van der Waals surface area contributed by atoms with E-state index in [9.17, 15) is 18.0 Å². The highest BCUT2D eigenvalue weighted by Gasteiger charge is 2.26. The van der Waals surface area contributed by atoms with E-state index in [4.69, 9.17) is 5.11 Å². The van der Waals surface area contributed by atoms with Crippen LogP contribution in [0.3, 0.4) is 0 Å². The van der Waals surface area contributed by atoms with Crippen molar-refractivity contribution >= 4 is 11.7 Å². The van der Waals surface area contributed by atoms with Gasteiger partial charge in [0.1, 0.15) is 0 Å². The van der Waals surface area contributed by atoms with E-state index >= 15 is 0 Å². The third kappa shape index (κ3) is 4.35. The van der Waals surface area contributed by atoms with Gasteiger partial charge in [-0.2, -0.15) is 13.2 Å². The Bertz CT molecular complexity index is 345. The zero-order valence-electron chi connectivity index (χ0n) is 7.51. The van der Waals surface area contributed by atoms with Crippen molar-refractivity contribution in [3.63, 3.8) is 0 Å². The second-order valence-electron chi connectivity index (χ2n) is 2.89. The fourth-order valence-corrected chi connectivity index (χ4v) is 1.04. The molecule has 0 unspecified atom stereocenters. The molecule has 0 fully saturated rings. The maximum Gasteiger partial charge on any atom is 0.482 e. The number of carboxylic acids is 1. The molecule has 0 saturated carbocycles. The van der Waals surface area contributed by atoms with Crippen LogP contribution < -0.4 is 5.32 Å². The van der Waals surface area contributed by atoms with Crippen LogP contribution in [-0.2, 0) is 11.2 Å². The molecule has 0 saturated heterocycles. The van der Waals surface area contributed by atoms with Gasteiger partial charge in [-0.1, -0.05) is 12.1 Å². The summed E-state index contributed by atoms with van der Waals surface area (Å²) in [5, 5.41) is 9.74. The van der Waals surface area contributed by atoms with Crippen molar-refractivity contribution < 1.29 is 23.1 Å². The van der Waals surface area contributed by atoms with E-state index in [1.807, 2.05) is 0 Å². The van der Waals surface area contributed by atoms with Gasteiger partial charge in [-0.15, -0.1) is 0 Å². The summed E-state index contributed by atoms with van der Waals surface area (Å²) in [6.07, 6.45) is -4.68. The molecule has 0 aliphatic heterocycles. The second kappa shape index (κ2) is 4.20. The van der Waals surface area contributed by atoms with Crippen LogP contribution in [0, 0.1) is 0 Å². The summed E-state index contributed by atoms with van der Waals surface area (Å²) >= 11 is 0. The SMILES string of the molecule is O=C(O)Cc1ccc(NC(F)(F)F)cc1. The Morgan fingerprint density at radius 1 is 1.27 bits per heavy atom. The van der Waals surface area contributed by atoms with Gasteiger partial charge in [0.25, 0.3) is 0 Å². The average molecular weight is 219 g/mol. The van der Waals surface area contributed by atoms with Gasteiger partial charge in [-0.3, -0.25) is 10.1 Å². The van der Waals surface area contributed by atoms with Gasteiger partial charge < -0.3 is 5.11 Å². The highest BCUT2D eigenvalue weighted by Crippen LogP contribution is 2.19. The predicted octanol–water partition coefficient (Wildman–Crippen LogP) is 2.25. The molecule has 1 aromatic carbocycles. The first kappa shape index (κ1) is 11.4. The number of hydrogen-bond donors (Lipinski definition) is 2. The molecule has 0 bridgehead atoms. The predicted molar refractivity (Wildman–Crippen MR) is 47.5 cm³/mol. The van der Waals surface area contributed by atoms with Gasteiger partial charge in [0.05, 0.1) is 6.42 Å². The van der Waals surface area contributed by atoms with Gasteiger partial charge in [0.15, 0.2) is 0 Å². The summed E-state index contributed by atoms with van der Waals surface area (Å²) in [5.41, 5.74) is 0.340. The molecule has 82 valence electrons. The number of aliphatic carboxylic acids is 1. The summed E-state index contributed by atoms with van der Waals surface area (Å²) in [5.74, 6) is -1.02. The molecular formula is C9H8F3NO2. The van der Waals surface area contributed by atoms with Crippen LogP contribution in [0.5, 0.6) is 0 Å². The van der Waals surface area contributed by atoms with Gasteiger partial charge in [-0.25, -0.2) is 0 Å². The third-order valence-corrected chi connectivity index (χ3v) is 1.60. The Morgan fingerprint density at radius 2 is 1.80 bits per heavy atom. The molecule has 0 aromatic heterocycles. The molecule has 0 aliphatic carbocycles. The number of halogens is 3. The van der Waals surface area contributed by atoms with E-state index in [1.165, 1.54) is 29.6 Å². The van der Waals surface area contributed by atoms with Crippen molar-refractivity contribution in [3.05, 3.63) is 29.8 Å². The van der Waals surface area contributed by atoms with Gasteiger partial charge in [0.2, 0.25) is 0 Å². The first-order chi connectivity index (χ1) is 6.87. The van der Waals surface area contributed by atoms with E-state index in [0.29, 0.717) is 5.56 Å². The van der Waals surface area contributed by atoms with Crippen LogP contribution in [0.15, 0.2) is 24.3 Å². The van der Waals surface area contributed by atoms with Gasteiger partial charge >= 0.3 is 12.3 Å². The largest absolute Gasteiger partial charge is 0.482 e. The molecule has 3 nitrogen and oxygen atoms in total. The Kier molecular flexibility index (Phi) is 3.18. The standard InChI is InChI=1S/C9H8F3NO2/c10-9(11,12)13-7-3-1-6(2-4-7)5-8(14)15/h1-4,13H,5H2,(H,14,15). The first-order valence-electron chi connectivity index (χ1n) is 4.02. The van der Waals surface area contributed by atoms with Crippen molar-refractivity contribution in [1.82, 2.24) is 0 Å². The van der Waals surface area contributed by atoms with Crippen molar-refractivity contribution in [2.45, 2.75) is 12.7 Å². The van der Waals surface area contributed by atoms with Crippen LogP contribution >= 0.6 is 0 Å². The molecule has 1 aromatic rings. The third-order valence-electron chi connectivity index (χ3n) is 1.60. The summed E-state index contributed by atoms with van der Waals surface area (Å²) in [6.45, 7) is 0. The summed E-state index contributed by atoms with van der Waals surface area (Å²) in [4.78, 5) is 10.3. The molecule has 15 heavy (non-hydrogen) atoms. The van der Waals surface area contributed by atoms with Gasteiger partial charge in [0, 0.05) is 5.69 Å².